The SMILES string of the molecule is CCNC(Cc1cc(CC)nn1C)c1cnccn1. The Balaban J connectivity index is 2.18. The molecule has 0 aromatic carbocycles. The average molecular weight is 259 g/mol. The minimum atomic E-state index is 0.179. The van der Waals surface area contributed by atoms with Crippen LogP contribution < -0.4 is 5.32 Å². The first-order chi connectivity index (χ1) is 9.24. The maximum Gasteiger partial charge on any atom is 0.0760 e. The maximum atomic E-state index is 4.49. The molecule has 1 N–H and O–H groups in total. The lowest BCUT2D eigenvalue weighted by Gasteiger charge is -2.16. The third-order valence-corrected chi connectivity index (χ3v) is 3.19. The summed E-state index contributed by atoms with van der Waals surface area (Å²) in [4.78, 5) is 8.54. The Morgan fingerprint density at radius 3 is 2.74 bits per heavy atom. The van der Waals surface area contributed by atoms with Gasteiger partial charge < -0.3 is 5.32 Å². The van der Waals surface area contributed by atoms with E-state index >= 15 is 0 Å². The van der Waals surface area contributed by atoms with Crippen molar-refractivity contribution in [1.82, 2.24) is 25.1 Å². The molecule has 0 spiro atoms. The van der Waals surface area contributed by atoms with Gasteiger partial charge in [0.1, 0.15) is 0 Å². The molecule has 0 bridgehead atoms. The van der Waals surface area contributed by atoms with Gasteiger partial charge in [-0.15, -0.1) is 0 Å². The van der Waals surface area contributed by atoms with Gasteiger partial charge in [-0.25, -0.2) is 0 Å². The van der Waals surface area contributed by atoms with E-state index in [4.69, 9.17) is 0 Å². The molecule has 1 unspecified atom stereocenters. The summed E-state index contributed by atoms with van der Waals surface area (Å²) in [5, 5.41) is 7.95. The van der Waals surface area contributed by atoms with Crippen molar-refractivity contribution >= 4 is 0 Å². The monoisotopic (exact) mass is 259 g/mol. The van der Waals surface area contributed by atoms with E-state index in [0.717, 1.165) is 30.8 Å². The summed E-state index contributed by atoms with van der Waals surface area (Å²) in [7, 11) is 1.99. The first-order valence-electron chi connectivity index (χ1n) is 6.75. The zero-order valence-electron chi connectivity index (χ0n) is 11.8. The largest absolute Gasteiger partial charge is 0.309 e. The Kier molecular flexibility index (Phi) is 4.63. The molecule has 1 atom stereocenters. The zero-order valence-corrected chi connectivity index (χ0v) is 11.8. The van der Waals surface area contributed by atoms with Gasteiger partial charge in [-0.2, -0.15) is 5.10 Å². The van der Waals surface area contributed by atoms with Gasteiger partial charge in [0.2, 0.25) is 0 Å². The van der Waals surface area contributed by atoms with E-state index in [1.54, 1.807) is 12.4 Å². The molecule has 5 heteroatoms. The lowest BCUT2D eigenvalue weighted by Crippen LogP contribution is -2.24. The second kappa shape index (κ2) is 6.43. The highest BCUT2D eigenvalue weighted by Gasteiger charge is 2.15. The van der Waals surface area contributed by atoms with Gasteiger partial charge in [0.15, 0.2) is 0 Å². The van der Waals surface area contributed by atoms with Gasteiger partial charge >= 0.3 is 0 Å². The number of likely N-dealkylation sites (N-methyl/N-ethyl adjacent to an activating group) is 1. The third kappa shape index (κ3) is 3.38. The fraction of sp³-hybridized carbons (Fsp3) is 0.500. The van der Waals surface area contributed by atoms with Crippen molar-refractivity contribution in [3.63, 3.8) is 0 Å². The molecule has 0 aliphatic carbocycles. The summed E-state index contributed by atoms with van der Waals surface area (Å²) in [6.07, 6.45) is 7.09. The fourth-order valence-electron chi connectivity index (χ4n) is 2.16. The second-order valence-corrected chi connectivity index (χ2v) is 4.55. The molecule has 0 aliphatic heterocycles. The number of aryl methyl sites for hydroxylation is 2. The number of hydrogen-bond donors (Lipinski definition) is 1. The molecule has 0 radical (unpaired) electrons. The number of aromatic nitrogens is 4. The summed E-state index contributed by atoms with van der Waals surface area (Å²) in [6, 6.07) is 2.35. The van der Waals surface area contributed by atoms with Gasteiger partial charge in [0.05, 0.1) is 17.4 Å². The summed E-state index contributed by atoms with van der Waals surface area (Å²) >= 11 is 0. The lowest BCUT2D eigenvalue weighted by molar-refractivity contribution is 0.515. The number of nitrogens with zero attached hydrogens (tertiary/aromatic N) is 4. The predicted molar refractivity (Wildman–Crippen MR) is 74.7 cm³/mol. The quantitative estimate of drug-likeness (QED) is 0.857. The van der Waals surface area contributed by atoms with Crippen LogP contribution in [-0.2, 0) is 19.9 Å². The molecule has 0 amide bonds. The van der Waals surface area contributed by atoms with E-state index in [-0.39, 0.29) is 6.04 Å². The minimum absolute atomic E-state index is 0.179. The Hall–Kier alpha value is -1.75. The van der Waals surface area contributed by atoms with Gasteiger partial charge in [-0.1, -0.05) is 13.8 Å². The van der Waals surface area contributed by atoms with Crippen LogP contribution in [0.4, 0.5) is 0 Å². The highest BCUT2D eigenvalue weighted by Crippen LogP contribution is 2.16. The highest BCUT2D eigenvalue weighted by atomic mass is 15.3. The average Bonchev–Trinajstić information content (AvgIpc) is 2.80. The molecule has 0 aliphatic rings. The Morgan fingerprint density at radius 1 is 1.32 bits per heavy atom. The lowest BCUT2D eigenvalue weighted by atomic mass is 10.1. The van der Waals surface area contributed by atoms with Crippen LogP contribution in [0.5, 0.6) is 0 Å². The first kappa shape index (κ1) is 13.7. The van der Waals surface area contributed by atoms with Crippen LogP contribution in [0.1, 0.15) is 37.0 Å². The zero-order chi connectivity index (χ0) is 13.7. The first-order valence-corrected chi connectivity index (χ1v) is 6.75. The van der Waals surface area contributed by atoms with Crippen LogP contribution in [0.3, 0.4) is 0 Å². The molecular formula is C14H21N5. The third-order valence-electron chi connectivity index (χ3n) is 3.19. The van der Waals surface area contributed by atoms with Crippen molar-refractivity contribution in [2.24, 2.45) is 7.05 Å². The van der Waals surface area contributed by atoms with Crippen LogP contribution in [0, 0.1) is 0 Å². The van der Waals surface area contributed by atoms with E-state index in [0.29, 0.717) is 0 Å². The minimum Gasteiger partial charge on any atom is -0.309 e. The highest BCUT2D eigenvalue weighted by molar-refractivity contribution is 5.14. The van der Waals surface area contributed by atoms with Crippen LogP contribution in [-0.4, -0.2) is 26.3 Å². The van der Waals surface area contributed by atoms with Crippen molar-refractivity contribution in [2.45, 2.75) is 32.7 Å². The molecule has 2 heterocycles. The van der Waals surface area contributed by atoms with Gasteiger partial charge in [-0.3, -0.25) is 14.6 Å². The number of rotatable bonds is 6. The van der Waals surface area contributed by atoms with Crippen LogP contribution in [0.25, 0.3) is 0 Å². The van der Waals surface area contributed by atoms with Crippen molar-refractivity contribution in [1.29, 1.82) is 0 Å². The molecular weight excluding hydrogens is 238 g/mol. The molecule has 0 saturated heterocycles. The molecule has 5 nitrogen and oxygen atoms in total. The van der Waals surface area contributed by atoms with E-state index in [1.165, 1.54) is 5.69 Å². The van der Waals surface area contributed by atoms with Crippen molar-refractivity contribution in [3.05, 3.63) is 41.7 Å². The van der Waals surface area contributed by atoms with E-state index in [2.05, 4.69) is 40.3 Å². The normalized spacial score (nSPS) is 12.6. The second-order valence-electron chi connectivity index (χ2n) is 4.55. The van der Waals surface area contributed by atoms with Gasteiger partial charge in [-0.05, 0) is 19.0 Å². The fourth-order valence-corrected chi connectivity index (χ4v) is 2.16. The summed E-state index contributed by atoms with van der Waals surface area (Å²) in [6.45, 7) is 5.13. The van der Waals surface area contributed by atoms with Crippen molar-refractivity contribution in [3.8, 4) is 0 Å². The van der Waals surface area contributed by atoms with E-state index in [9.17, 15) is 0 Å². The van der Waals surface area contributed by atoms with Crippen LogP contribution in [0.15, 0.2) is 24.7 Å². The molecule has 102 valence electrons. The van der Waals surface area contributed by atoms with Gasteiger partial charge in [0.25, 0.3) is 0 Å². The molecule has 2 aromatic heterocycles. The van der Waals surface area contributed by atoms with Crippen LogP contribution in [0.2, 0.25) is 0 Å². The maximum absolute atomic E-state index is 4.49. The Morgan fingerprint density at radius 2 is 2.16 bits per heavy atom. The van der Waals surface area contributed by atoms with E-state index < -0.39 is 0 Å². The number of nitrogens with one attached hydrogen (secondary N) is 1. The molecule has 0 saturated carbocycles. The number of hydrogen-bond acceptors (Lipinski definition) is 4. The topological polar surface area (TPSA) is 55.6 Å². The van der Waals surface area contributed by atoms with Crippen LogP contribution >= 0.6 is 0 Å². The Labute approximate surface area is 114 Å². The summed E-state index contributed by atoms with van der Waals surface area (Å²) < 4.78 is 1.96. The van der Waals surface area contributed by atoms with E-state index in [1.807, 2.05) is 17.9 Å². The molecule has 2 rings (SSSR count). The van der Waals surface area contributed by atoms with Gasteiger partial charge in [0, 0.05) is 37.8 Å². The van der Waals surface area contributed by atoms with Crippen molar-refractivity contribution < 1.29 is 0 Å². The predicted octanol–water partition coefficient (Wildman–Crippen LogP) is 1.67. The summed E-state index contributed by atoms with van der Waals surface area (Å²) in [5.74, 6) is 0. The molecule has 2 aromatic rings. The standard InChI is InChI=1S/C14H21N5/c1-4-11-8-12(19(3)18-11)9-13(16-5-2)14-10-15-6-7-17-14/h6-8,10,13,16H,4-5,9H2,1-3H3. The van der Waals surface area contributed by atoms with Crippen molar-refractivity contribution in [2.75, 3.05) is 6.54 Å². The molecule has 0 fully saturated rings. The molecule has 19 heavy (non-hydrogen) atoms. The Bertz CT molecular complexity index is 506. The smallest absolute Gasteiger partial charge is 0.0760 e. The summed E-state index contributed by atoms with van der Waals surface area (Å²) in [5.41, 5.74) is 3.32.